The Morgan fingerprint density at radius 2 is 2.00 bits per heavy atom. The first-order valence-electron chi connectivity index (χ1n) is 5.79. The number of aliphatic hydroxyl groups excluding tert-OH is 1. The van der Waals surface area contributed by atoms with Crippen LogP contribution >= 0.6 is 0 Å². The minimum Gasteiger partial charge on any atom is -0.393 e. The van der Waals surface area contributed by atoms with Crippen molar-refractivity contribution >= 4 is 0 Å². The van der Waals surface area contributed by atoms with E-state index in [0.717, 1.165) is 38.7 Å². The van der Waals surface area contributed by atoms with Gasteiger partial charge in [0.2, 0.25) is 0 Å². The topological polar surface area (TPSA) is 55.5 Å². The molecule has 3 nitrogen and oxygen atoms in total. The normalized spacial score (nSPS) is 43.3. The molecule has 2 unspecified atom stereocenters. The fourth-order valence-corrected chi connectivity index (χ4v) is 2.43. The van der Waals surface area contributed by atoms with Gasteiger partial charge < -0.3 is 15.6 Å². The Morgan fingerprint density at radius 3 is 2.64 bits per heavy atom. The van der Waals surface area contributed by atoms with E-state index in [1.165, 1.54) is 6.42 Å². The molecule has 0 aromatic rings. The van der Waals surface area contributed by atoms with Crippen LogP contribution in [0.4, 0.5) is 0 Å². The molecular weight excluding hydrogens is 178 g/mol. The Hall–Kier alpha value is -0.120. The van der Waals surface area contributed by atoms with E-state index < -0.39 is 0 Å². The van der Waals surface area contributed by atoms with Gasteiger partial charge in [0, 0.05) is 12.6 Å². The average Bonchev–Trinajstić information content (AvgIpc) is 2.11. The highest BCUT2D eigenvalue weighted by atomic mass is 16.5. The minimum absolute atomic E-state index is 0.0824. The van der Waals surface area contributed by atoms with Gasteiger partial charge in [-0.25, -0.2) is 0 Å². The van der Waals surface area contributed by atoms with Crippen molar-refractivity contribution in [2.45, 2.75) is 56.8 Å². The molecule has 14 heavy (non-hydrogen) atoms. The third kappa shape index (κ3) is 2.69. The van der Waals surface area contributed by atoms with Crippen LogP contribution in [0.1, 0.15) is 38.5 Å². The van der Waals surface area contributed by atoms with Gasteiger partial charge in [-0.05, 0) is 38.0 Å². The molecule has 3 heteroatoms. The van der Waals surface area contributed by atoms with Crippen LogP contribution in [0.5, 0.6) is 0 Å². The van der Waals surface area contributed by atoms with Crippen molar-refractivity contribution < 1.29 is 9.84 Å². The SMILES string of the molecule is NC1CC(OCC2CCCC(O)C2)C1. The molecule has 0 aromatic heterocycles. The minimum atomic E-state index is -0.0824. The highest BCUT2D eigenvalue weighted by Crippen LogP contribution is 2.27. The van der Waals surface area contributed by atoms with E-state index in [4.69, 9.17) is 10.5 Å². The van der Waals surface area contributed by atoms with Crippen LogP contribution in [0, 0.1) is 5.92 Å². The first-order valence-corrected chi connectivity index (χ1v) is 5.79. The zero-order valence-corrected chi connectivity index (χ0v) is 8.69. The molecule has 2 aliphatic carbocycles. The Balaban J connectivity index is 1.60. The predicted octanol–water partition coefficient (Wildman–Crippen LogP) is 1.04. The fraction of sp³-hybridized carbons (Fsp3) is 1.00. The van der Waals surface area contributed by atoms with E-state index >= 15 is 0 Å². The van der Waals surface area contributed by atoms with Gasteiger partial charge in [-0.1, -0.05) is 6.42 Å². The van der Waals surface area contributed by atoms with Gasteiger partial charge >= 0.3 is 0 Å². The zero-order chi connectivity index (χ0) is 9.97. The van der Waals surface area contributed by atoms with Crippen molar-refractivity contribution in [2.75, 3.05) is 6.61 Å². The summed E-state index contributed by atoms with van der Waals surface area (Å²) in [6.45, 7) is 0.828. The number of hydrogen-bond donors (Lipinski definition) is 2. The second-order valence-electron chi connectivity index (χ2n) is 4.87. The predicted molar refractivity (Wildman–Crippen MR) is 54.9 cm³/mol. The highest BCUT2D eigenvalue weighted by molar-refractivity contribution is 4.83. The summed E-state index contributed by atoms with van der Waals surface area (Å²) in [6, 6.07) is 0.372. The van der Waals surface area contributed by atoms with Crippen molar-refractivity contribution in [3.63, 3.8) is 0 Å². The van der Waals surface area contributed by atoms with Gasteiger partial charge in [-0.15, -0.1) is 0 Å². The van der Waals surface area contributed by atoms with Crippen LogP contribution in [-0.4, -0.2) is 30.0 Å². The summed E-state index contributed by atoms with van der Waals surface area (Å²) in [4.78, 5) is 0. The van der Waals surface area contributed by atoms with Gasteiger partial charge in [0.1, 0.15) is 0 Å². The summed E-state index contributed by atoms with van der Waals surface area (Å²) in [5.41, 5.74) is 5.68. The molecule has 2 atom stereocenters. The molecule has 0 aromatic carbocycles. The number of aliphatic hydroxyl groups is 1. The second kappa shape index (κ2) is 4.60. The van der Waals surface area contributed by atoms with Crippen LogP contribution in [0.2, 0.25) is 0 Å². The summed E-state index contributed by atoms with van der Waals surface area (Å²) >= 11 is 0. The summed E-state index contributed by atoms with van der Waals surface area (Å²) in [7, 11) is 0. The Bertz CT molecular complexity index is 180. The molecule has 3 N–H and O–H groups in total. The first-order chi connectivity index (χ1) is 6.74. The standard InChI is InChI=1S/C11H21NO2/c12-9-5-11(6-9)14-7-8-2-1-3-10(13)4-8/h8-11,13H,1-7,12H2. The van der Waals surface area contributed by atoms with Crippen molar-refractivity contribution in [1.29, 1.82) is 0 Å². The lowest BCUT2D eigenvalue weighted by Crippen LogP contribution is -2.42. The van der Waals surface area contributed by atoms with E-state index in [1.807, 2.05) is 0 Å². The molecule has 82 valence electrons. The first kappa shape index (κ1) is 10.4. The maximum absolute atomic E-state index is 9.48. The van der Waals surface area contributed by atoms with Gasteiger partial charge in [0.15, 0.2) is 0 Å². The highest BCUT2D eigenvalue weighted by Gasteiger charge is 2.28. The number of ether oxygens (including phenoxy) is 1. The number of rotatable bonds is 3. The summed E-state index contributed by atoms with van der Waals surface area (Å²) < 4.78 is 5.75. The Labute approximate surface area is 85.6 Å². The largest absolute Gasteiger partial charge is 0.393 e. The zero-order valence-electron chi connectivity index (χ0n) is 8.69. The van der Waals surface area contributed by atoms with E-state index in [0.29, 0.717) is 18.1 Å². The second-order valence-corrected chi connectivity index (χ2v) is 4.87. The molecule has 2 saturated carbocycles. The van der Waals surface area contributed by atoms with Crippen LogP contribution < -0.4 is 5.73 Å². The monoisotopic (exact) mass is 199 g/mol. The van der Waals surface area contributed by atoms with Gasteiger partial charge in [-0.2, -0.15) is 0 Å². The average molecular weight is 199 g/mol. The molecule has 0 aliphatic heterocycles. The third-order valence-corrected chi connectivity index (χ3v) is 3.45. The van der Waals surface area contributed by atoms with Crippen molar-refractivity contribution in [1.82, 2.24) is 0 Å². The molecular formula is C11H21NO2. The summed E-state index contributed by atoms with van der Waals surface area (Å²) in [5, 5.41) is 9.48. The van der Waals surface area contributed by atoms with E-state index in [9.17, 15) is 5.11 Å². The molecule has 2 rings (SSSR count). The van der Waals surface area contributed by atoms with E-state index in [-0.39, 0.29) is 6.10 Å². The molecule has 0 radical (unpaired) electrons. The van der Waals surface area contributed by atoms with E-state index in [2.05, 4.69) is 0 Å². The molecule has 2 aliphatic rings. The third-order valence-electron chi connectivity index (χ3n) is 3.45. The summed E-state index contributed by atoms with van der Waals surface area (Å²) in [6.07, 6.45) is 6.65. The van der Waals surface area contributed by atoms with Gasteiger partial charge in [-0.3, -0.25) is 0 Å². The smallest absolute Gasteiger partial charge is 0.0604 e. The lowest BCUT2D eigenvalue weighted by molar-refractivity contribution is -0.0398. The van der Waals surface area contributed by atoms with Crippen molar-refractivity contribution in [2.24, 2.45) is 11.7 Å². The van der Waals surface area contributed by atoms with Crippen molar-refractivity contribution in [3.05, 3.63) is 0 Å². The molecule has 0 bridgehead atoms. The van der Waals surface area contributed by atoms with Gasteiger partial charge in [0.05, 0.1) is 12.2 Å². The van der Waals surface area contributed by atoms with Crippen LogP contribution in [0.15, 0.2) is 0 Å². The molecule has 0 saturated heterocycles. The Morgan fingerprint density at radius 1 is 1.21 bits per heavy atom. The maximum Gasteiger partial charge on any atom is 0.0604 e. The van der Waals surface area contributed by atoms with Gasteiger partial charge in [0.25, 0.3) is 0 Å². The summed E-state index contributed by atoms with van der Waals surface area (Å²) in [5.74, 6) is 0.579. The number of hydrogen-bond acceptors (Lipinski definition) is 3. The lowest BCUT2D eigenvalue weighted by Gasteiger charge is -2.34. The van der Waals surface area contributed by atoms with Crippen LogP contribution in [-0.2, 0) is 4.74 Å². The molecule has 2 fully saturated rings. The number of nitrogens with two attached hydrogens (primary N) is 1. The quantitative estimate of drug-likeness (QED) is 0.714. The molecule has 0 amide bonds. The van der Waals surface area contributed by atoms with Crippen LogP contribution in [0.3, 0.4) is 0 Å². The fourth-order valence-electron chi connectivity index (χ4n) is 2.43. The van der Waals surface area contributed by atoms with E-state index in [1.54, 1.807) is 0 Å². The molecule has 0 spiro atoms. The van der Waals surface area contributed by atoms with Crippen LogP contribution in [0.25, 0.3) is 0 Å². The maximum atomic E-state index is 9.48. The van der Waals surface area contributed by atoms with Crippen molar-refractivity contribution in [3.8, 4) is 0 Å². The lowest BCUT2D eigenvalue weighted by atomic mass is 9.87. The molecule has 0 heterocycles. The Kier molecular flexibility index (Phi) is 3.42.